The Morgan fingerprint density at radius 2 is 2.00 bits per heavy atom. The van der Waals surface area contributed by atoms with Gasteiger partial charge < -0.3 is 10.6 Å². The second-order valence-corrected chi connectivity index (χ2v) is 6.40. The van der Waals surface area contributed by atoms with Crippen molar-refractivity contribution in [3.63, 3.8) is 0 Å². The van der Waals surface area contributed by atoms with Gasteiger partial charge in [-0.05, 0) is 59.8 Å². The molecule has 0 bridgehead atoms. The second-order valence-electron chi connectivity index (χ2n) is 5.11. The Morgan fingerprint density at radius 1 is 1.37 bits per heavy atom. The average molecular weight is 346 g/mol. The van der Waals surface area contributed by atoms with Gasteiger partial charge >= 0.3 is 0 Å². The first-order valence-electron chi connectivity index (χ1n) is 6.47. The zero-order valence-corrected chi connectivity index (χ0v) is 13.2. The number of benzene rings is 1. The Balaban J connectivity index is 2.12. The van der Waals surface area contributed by atoms with Crippen LogP contribution in [0.5, 0.6) is 0 Å². The van der Waals surface area contributed by atoms with Crippen LogP contribution in [0.4, 0.5) is 0 Å². The van der Waals surface area contributed by atoms with Crippen molar-refractivity contribution in [1.82, 2.24) is 4.90 Å². The third-order valence-electron chi connectivity index (χ3n) is 3.77. The van der Waals surface area contributed by atoms with E-state index < -0.39 is 0 Å². The van der Waals surface area contributed by atoms with E-state index >= 15 is 0 Å². The summed E-state index contributed by atoms with van der Waals surface area (Å²) in [7, 11) is 1.86. The Morgan fingerprint density at radius 3 is 2.63 bits per heavy atom. The van der Waals surface area contributed by atoms with Crippen LogP contribution >= 0.6 is 27.5 Å². The molecule has 0 heterocycles. The smallest absolute Gasteiger partial charge is 0.255 e. The molecule has 0 saturated heterocycles. The van der Waals surface area contributed by atoms with E-state index in [2.05, 4.69) is 15.9 Å². The van der Waals surface area contributed by atoms with Crippen LogP contribution in [-0.4, -0.2) is 29.9 Å². The van der Waals surface area contributed by atoms with Crippen molar-refractivity contribution in [2.45, 2.75) is 37.8 Å². The van der Waals surface area contributed by atoms with Crippen molar-refractivity contribution < 1.29 is 4.79 Å². The SMILES string of the molecule is CN(C(=O)c1cc(Cl)ccc1Br)C1CCC(N)CC1. The molecule has 1 aliphatic rings. The molecule has 1 aromatic rings. The largest absolute Gasteiger partial charge is 0.339 e. The molecule has 1 saturated carbocycles. The van der Waals surface area contributed by atoms with Gasteiger partial charge in [0.15, 0.2) is 0 Å². The molecule has 19 heavy (non-hydrogen) atoms. The van der Waals surface area contributed by atoms with Gasteiger partial charge in [0.1, 0.15) is 0 Å². The minimum Gasteiger partial charge on any atom is -0.339 e. The molecule has 1 amide bonds. The minimum absolute atomic E-state index is 0.00912. The summed E-state index contributed by atoms with van der Waals surface area (Å²) >= 11 is 9.37. The third-order valence-corrected chi connectivity index (χ3v) is 4.69. The summed E-state index contributed by atoms with van der Waals surface area (Å²) in [6.45, 7) is 0. The first kappa shape index (κ1) is 14.8. The van der Waals surface area contributed by atoms with E-state index in [-0.39, 0.29) is 18.0 Å². The number of hydrogen-bond acceptors (Lipinski definition) is 2. The van der Waals surface area contributed by atoms with E-state index in [0.29, 0.717) is 10.6 Å². The first-order valence-corrected chi connectivity index (χ1v) is 7.64. The lowest BCUT2D eigenvalue weighted by molar-refractivity contribution is 0.0689. The van der Waals surface area contributed by atoms with Crippen molar-refractivity contribution in [3.05, 3.63) is 33.3 Å². The second kappa shape index (κ2) is 6.25. The van der Waals surface area contributed by atoms with E-state index in [9.17, 15) is 4.79 Å². The monoisotopic (exact) mass is 344 g/mol. The average Bonchev–Trinajstić information content (AvgIpc) is 2.41. The van der Waals surface area contributed by atoms with E-state index in [0.717, 1.165) is 30.2 Å². The number of carbonyl (C=O) groups is 1. The fourth-order valence-corrected chi connectivity index (χ4v) is 3.09. The van der Waals surface area contributed by atoms with E-state index in [1.54, 1.807) is 18.2 Å². The fraction of sp³-hybridized carbons (Fsp3) is 0.500. The number of hydrogen-bond donors (Lipinski definition) is 1. The minimum atomic E-state index is 0.00912. The van der Waals surface area contributed by atoms with Crippen LogP contribution in [0.3, 0.4) is 0 Å². The summed E-state index contributed by atoms with van der Waals surface area (Å²) in [5, 5.41) is 0.575. The number of halogens is 2. The number of rotatable bonds is 2. The highest BCUT2D eigenvalue weighted by molar-refractivity contribution is 9.10. The van der Waals surface area contributed by atoms with E-state index in [4.69, 9.17) is 17.3 Å². The van der Waals surface area contributed by atoms with Crippen LogP contribution in [-0.2, 0) is 0 Å². The van der Waals surface area contributed by atoms with Crippen molar-refractivity contribution in [2.75, 3.05) is 7.05 Å². The highest BCUT2D eigenvalue weighted by atomic mass is 79.9. The Kier molecular flexibility index (Phi) is 4.87. The van der Waals surface area contributed by atoms with E-state index in [1.165, 1.54) is 0 Å². The Labute approximate surface area is 127 Å². The van der Waals surface area contributed by atoms with Gasteiger partial charge in [0.25, 0.3) is 5.91 Å². The molecule has 1 aromatic carbocycles. The number of amides is 1. The van der Waals surface area contributed by atoms with Gasteiger partial charge in [-0.3, -0.25) is 4.79 Å². The van der Waals surface area contributed by atoms with Gasteiger partial charge in [-0.1, -0.05) is 11.6 Å². The lowest BCUT2D eigenvalue weighted by Crippen LogP contribution is -2.41. The summed E-state index contributed by atoms with van der Waals surface area (Å²) in [5.74, 6) is 0.00912. The normalized spacial score (nSPS) is 23.2. The zero-order valence-electron chi connectivity index (χ0n) is 10.9. The molecule has 0 aromatic heterocycles. The molecule has 0 aliphatic heterocycles. The van der Waals surface area contributed by atoms with E-state index in [1.807, 2.05) is 11.9 Å². The summed E-state index contributed by atoms with van der Waals surface area (Å²) in [4.78, 5) is 14.3. The molecule has 0 unspecified atom stereocenters. The fourth-order valence-electron chi connectivity index (χ4n) is 2.51. The maximum atomic E-state index is 12.5. The maximum absolute atomic E-state index is 12.5. The van der Waals surface area contributed by atoms with Gasteiger partial charge in [0.2, 0.25) is 0 Å². The van der Waals surface area contributed by atoms with Crippen LogP contribution in [0.15, 0.2) is 22.7 Å². The van der Waals surface area contributed by atoms with Gasteiger partial charge in [0, 0.05) is 28.6 Å². The molecule has 0 radical (unpaired) electrons. The standard InChI is InChI=1S/C14H18BrClN2O/c1-18(11-5-3-10(17)4-6-11)14(19)12-8-9(16)2-7-13(12)15/h2,7-8,10-11H,3-6,17H2,1H3. The molecule has 3 nitrogen and oxygen atoms in total. The summed E-state index contributed by atoms with van der Waals surface area (Å²) in [5.41, 5.74) is 6.52. The molecule has 104 valence electrons. The van der Waals surface area contributed by atoms with Gasteiger partial charge in [0.05, 0.1) is 5.56 Å². The van der Waals surface area contributed by atoms with Crippen LogP contribution < -0.4 is 5.73 Å². The third kappa shape index (κ3) is 3.50. The Bertz CT molecular complexity index is 473. The highest BCUT2D eigenvalue weighted by Gasteiger charge is 2.26. The molecule has 0 spiro atoms. The topological polar surface area (TPSA) is 46.3 Å². The molecule has 1 aliphatic carbocycles. The summed E-state index contributed by atoms with van der Waals surface area (Å²) in [6.07, 6.45) is 3.92. The molecule has 1 fully saturated rings. The predicted molar refractivity (Wildman–Crippen MR) is 81.5 cm³/mol. The van der Waals surface area contributed by atoms with Gasteiger partial charge in [-0.2, -0.15) is 0 Å². The lowest BCUT2D eigenvalue weighted by atomic mass is 9.90. The number of carbonyl (C=O) groups excluding carboxylic acids is 1. The quantitative estimate of drug-likeness (QED) is 0.892. The van der Waals surface area contributed by atoms with Crippen LogP contribution in [0.25, 0.3) is 0 Å². The van der Waals surface area contributed by atoms with Crippen molar-refractivity contribution >= 4 is 33.4 Å². The van der Waals surface area contributed by atoms with Gasteiger partial charge in [-0.15, -0.1) is 0 Å². The number of nitrogens with two attached hydrogens (primary N) is 1. The molecular weight excluding hydrogens is 328 g/mol. The summed E-state index contributed by atoms with van der Waals surface area (Å²) in [6, 6.07) is 5.84. The predicted octanol–water partition coefficient (Wildman–Crippen LogP) is 3.44. The Hall–Kier alpha value is -0.580. The molecule has 5 heteroatoms. The number of nitrogens with zero attached hydrogens (tertiary/aromatic N) is 1. The zero-order chi connectivity index (χ0) is 14.0. The maximum Gasteiger partial charge on any atom is 0.255 e. The molecule has 2 N–H and O–H groups in total. The van der Waals surface area contributed by atoms with Crippen molar-refractivity contribution in [1.29, 1.82) is 0 Å². The lowest BCUT2D eigenvalue weighted by Gasteiger charge is -2.33. The van der Waals surface area contributed by atoms with Gasteiger partial charge in [-0.25, -0.2) is 0 Å². The van der Waals surface area contributed by atoms with Crippen LogP contribution in [0, 0.1) is 0 Å². The van der Waals surface area contributed by atoms with Crippen molar-refractivity contribution in [3.8, 4) is 0 Å². The summed E-state index contributed by atoms with van der Waals surface area (Å²) < 4.78 is 0.779. The molecular formula is C14H18BrClN2O. The van der Waals surface area contributed by atoms with Crippen LogP contribution in [0.2, 0.25) is 5.02 Å². The highest BCUT2D eigenvalue weighted by Crippen LogP contribution is 2.26. The first-order chi connectivity index (χ1) is 8.99. The van der Waals surface area contributed by atoms with Crippen molar-refractivity contribution in [2.24, 2.45) is 5.73 Å². The molecule has 2 rings (SSSR count). The molecule has 0 atom stereocenters. The van der Waals surface area contributed by atoms with Crippen LogP contribution in [0.1, 0.15) is 36.0 Å².